The summed E-state index contributed by atoms with van der Waals surface area (Å²) in [6.45, 7) is 7.40. The highest BCUT2D eigenvalue weighted by Gasteiger charge is 2.20. The fourth-order valence-electron chi connectivity index (χ4n) is 3.12. The Labute approximate surface area is 162 Å². The van der Waals surface area contributed by atoms with Gasteiger partial charge in [0.05, 0.1) is 12.6 Å². The maximum atomic E-state index is 12.3. The summed E-state index contributed by atoms with van der Waals surface area (Å²) in [4.78, 5) is 17.0. The van der Waals surface area contributed by atoms with Crippen LogP contribution in [-0.2, 0) is 6.54 Å². The minimum absolute atomic E-state index is 0.0408. The van der Waals surface area contributed by atoms with Crippen LogP contribution in [0.5, 0.6) is 0 Å². The SMILES string of the molecule is CCNC(=NCc1cccc(C(=O)NC(C)CC)c1)NC1CCC(O)CC1. The lowest BCUT2D eigenvalue weighted by Crippen LogP contribution is -2.45. The third-order valence-corrected chi connectivity index (χ3v) is 4.98. The van der Waals surface area contributed by atoms with Crippen molar-refractivity contribution in [1.82, 2.24) is 16.0 Å². The van der Waals surface area contributed by atoms with Gasteiger partial charge in [0.25, 0.3) is 5.91 Å². The van der Waals surface area contributed by atoms with Crippen LogP contribution < -0.4 is 16.0 Å². The molecule has 1 atom stereocenters. The van der Waals surface area contributed by atoms with Gasteiger partial charge < -0.3 is 21.1 Å². The predicted molar refractivity (Wildman–Crippen MR) is 110 cm³/mol. The first kappa shape index (κ1) is 21.2. The normalized spacial score (nSPS) is 21.4. The second kappa shape index (κ2) is 10.9. The van der Waals surface area contributed by atoms with Crippen molar-refractivity contribution in [1.29, 1.82) is 0 Å². The van der Waals surface area contributed by atoms with Crippen LogP contribution >= 0.6 is 0 Å². The lowest BCUT2D eigenvalue weighted by Gasteiger charge is -2.27. The Morgan fingerprint density at radius 1 is 1.26 bits per heavy atom. The van der Waals surface area contributed by atoms with Crippen LogP contribution in [0.2, 0.25) is 0 Å². The largest absolute Gasteiger partial charge is 0.393 e. The lowest BCUT2D eigenvalue weighted by molar-refractivity contribution is 0.0939. The molecule has 0 aliphatic heterocycles. The molecule has 1 aromatic carbocycles. The summed E-state index contributed by atoms with van der Waals surface area (Å²) in [5, 5.41) is 19.4. The molecule has 1 unspecified atom stereocenters. The van der Waals surface area contributed by atoms with E-state index in [-0.39, 0.29) is 18.1 Å². The topological polar surface area (TPSA) is 85.8 Å². The quantitative estimate of drug-likeness (QED) is 0.436. The summed E-state index contributed by atoms with van der Waals surface area (Å²) in [6.07, 6.45) is 4.33. The lowest BCUT2D eigenvalue weighted by atomic mass is 9.93. The van der Waals surface area contributed by atoms with E-state index in [0.717, 1.165) is 50.2 Å². The highest BCUT2D eigenvalue weighted by atomic mass is 16.3. The van der Waals surface area contributed by atoms with Gasteiger partial charge in [0, 0.05) is 24.2 Å². The van der Waals surface area contributed by atoms with Crippen molar-refractivity contribution in [3.05, 3.63) is 35.4 Å². The molecule has 1 aliphatic rings. The predicted octanol–water partition coefficient (Wildman–Crippen LogP) is 2.57. The van der Waals surface area contributed by atoms with Crippen molar-refractivity contribution >= 4 is 11.9 Å². The van der Waals surface area contributed by atoms with Gasteiger partial charge in [-0.05, 0) is 63.6 Å². The number of rotatable bonds is 7. The van der Waals surface area contributed by atoms with E-state index in [1.807, 2.05) is 38.1 Å². The molecule has 6 nitrogen and oxygen atoms in total. The second-order valence-electron chi connectivity index (χ2n) is 7.33. The van der Waals surface area contributed by atoms with E-state index in [4.69, 9.17) is 0 Å². The molecule has 6 heteroatoms. The molecule has 0 aromatic heterocycles. The van der Waals surface area contributed by atoms with Gasteiger partial charge in [0.15, 0.2) is 5.96 Å². The smallest absolute Gasteiger partial charge is 0.251 e. The Morgan fingerprint density at radius 2 is 2.00 bits per heavy atom. The Morgan fingerprint density at radius 3 is 2.67 bits per heavy atom. The van der Waals surface area contributed by atoms with Crippen LogP contribution in [0.1, 0.15) is 68.8 Å². The van der Waals surface area contributed by atoms with Gasteiger partial charge >= 0.3 is 0 Å². The van der Waals surface area contributed by atoms with Gasteiger partial charge in [0.2, 0.25) is 0 Å². The van der Waals surface area contributed by atoms with Crippen LogP contribution in [0.25, 0.3) is 0 Å². The molecule has 0 spiro atoms. The Balaban J connectivity index is 1.98. The monoisotopic (exact) mass is 374 g/mol. The van der Waals surface area contributed by atoms with E-state index >= 15 is 0 Å². The number of guanidine groups is 1. The van der Waals surface area contributed by atoms with Crippen LogP contribution in [0.3, 0.4) is 0 Å². The number of hydrogen-bond donors (Lipinski definition) is 4. The minimum atomic E-state index is -0.160. The molecular formula is C21H34N4O2. The number of aliphatic imine (C=N–C) groups is 1. The molecule has 1 fully saturated rings. The minimum Gasteiger partial charge on any atom is -0.393 e. The van der Waals surface area contributed by atoms with Crippen molar-refractivity contribution in [2.24, 2.45) is 4.99 Å². The first-order chi connectivity index (χ1) is 13.0. The number of nitrogens with zero attached hydrogens (tertiary/aromatic N) is 1. The van der Waals surface area contributed by atoms with Crippen LogP contribution in [-0.4, -0.2) is 41.7 Å². The standard InChI is InChI=1S/C21H34N4O2/c1-4-15(3)24-20(27)17-8-6-7-16(13-17)14-23-21(22-5-2)25-18-9-11-19(26)12-10-18/h6-8,13,15,18-19,26H,4-5,9-12,14H2,1-3H3,(H,24,27)(H2,22,23,25). The molecule has 0 saturated heterocycles. The third-order valence-electron chi connectivity index (χ3n) is 4.98. The summed E-state index contributed by atoms with van der Waals surface area (Å²) in [7, 11) is 0. The Kier molecular flexibility index (Phi) is 8.58. The first-order valence-electron chi connectivity index (χ1n) is 10.1. The van der Waals surface area contributed by atoms with Crippen molar-refractivity contribution in [2.75, 3.05) is 6.54 Å². The van der Waals surface area contributed by atoms with Gasteiger partial charge in [-0.1, -0.05) is 19.1 Å². The fraction of sp³-hybridized carbons (Fsp3) is 0.619. The van der Waals surface area contributed by atoms with Gasteiger partial charge in [0.1, 0.15) is 0 Å². The van der Waals surface area contributed by atoms with Crippen molar-refractivity contribution in [3.63, 3.8) is 0 Å². The number of carbonyl (C=O) groups excluding carboxylic acids is 1. The molecule has 1 saturated carbocycles. The molecule has 27 heavy (non-hydrogen) atoms. The van der Waals surface area contributed by atoms with Gasteiger partial charge in [-0.2, -0.15) is 0 Å². The van der Waals surface area contributed by atoms with Crippen molar-refractivity contribution < 1.29 is 9.90 Å². The average molecular weight is 375 g/mol. The highest BCUT2D eigenvalue weighted by Crippen LogP contribution is 2.18. The van der Waals surface area contributed by atoms with Gasteiger partial charge in [-0.15, -0.1) is 0 Å². The average Bonchev–Trinajstić information content (AvgIpc) is 2.68. The summed E-state index contributed by atoms with van der Waals surface area (Å²) < 4.78 is 0. The van der Waals surface area contributed by atoms with Crippen molar-refractivity contribution in [3.8, 4) is 0 Å². The zero-order chi connectivity index (χ0) is 19.6. The molecule has 0 radical (unpaired) electrons. The molecule has 0 bridgehead atoms. The summed E-state index contributed by atoms with van der Waals surface area (Å²) >= 11 is 0. The number of carbonyl (C=O) groups is 1. The molecule has 1 aliphatic carbocycles. The van der Waals surface area contributed by atoms with E-state index in [2.05, 4.69) is 27.9 Å². The third kappa shape index (κ3) is 7.21. The zero-order valence-electron chi connectivity index (χ0n) is 16.8. The summed E-state index contributed by atoms with van der Waals surface area (Å²) in [5.74, 6) is 0.745. The van der Waals surface area contributed by atoms with E-state index in [1.165, 1.54) is 0 Å². The number of nitrogens with one attached hydrogen (secondary N) is 3. The highest BCUT2D eigenvalue weighted by molar-refractivity contribution is 5.94. The molecule has 0 heterocycles. The number of hydrogen-bond acceptors (Lipinski definition) is 3. The van der Waals surface area contributed by atoms with E-state index in [9.17, 15) is 9.90 Å². The van der Waals surface area contributed by atoms with Gasteiger partial charge in [-0.3, -0.25) is 4.79 Å². The molecule has 2 rings (SSSR count). The van der Waals surface area contributed by atoms with E-state index in [1.54, 1.807) is 0 Å². The Bertz CT molecular complexity index is 624. The molecule has 4 N–H and O–H groups in total. The number of aliphatic hydroxyl groups is 1. The second-order valence-corrected chi connectivity index (χ2v) is 7.33. The Hall–Kier alpha value is -2.08. The van der Waals surface area contributed by atoms with E-state index < -0.39 is 0 Å². The number of amides is 1. The van der Waals surface area contributed by atoms with Crippen LogP contribution in [0.4, 0.5) is 0 Å². The van der Waals surface area contributed by atoms with Crippen LogP contribution in [0, 0.1) is 0 Å². The number of aliphatic hydroxyl groups excluding tert-OH is 1. The molecular weight excluding hydrogens is 340 g/mol. The summed E-state index contributed by atoms with van der Waals surface area (Å²) in [6, 6.07) is 8.14. The molecule has 1 aromatic rings. The zero-order valence-corrected chi connectivity index (χ0v) is 16.8. The van der Waals surface area contributed by atoms with Crippen molar-refractivity contribution in [2.45, 2.75) is 77.6 Å². The fourth-order valence-corrected chi connectivity index (χ4v) is 3.12. The molecule has 1 amide bonds. The molecule has 150 valence electrons. The maximum Gasteiger partial charge on any atom is 0.251 e. The number of benzene rings is 1. The van der Waals surface area contributed by atoms with Gasteiger partial charge in [-0.25, -0.2) is 4.99 Å². The van der Waals surface area contributed by atoms with E-state index in [0.29, 0.717) is 18.2 Å². The first-order valence-corrected chi connectivity index (χ1v) is 10.1. The maximum absolute atomic E-state index is 12.3. The van der Waals surface area contributed by atoms with Crippen LogP contribution in [0.15, 0.2) is 29.3 Å². The summed E-state index contributed by atoms with van der Waals surface area (Å²) in [5.41, 5.74) is 1.67.